The van der Waals surface area contributed by atoms with Crippen LogP contribution < -0.4 is 67.2 Å². The molecular formula is C23H24NaO9P. The van der Waals surface area contributed by atoms with E-state index in [4.69, 9.17) is 32.7 Å². The van der Waals surface area contributed by atoms with Gasteiger partial charge in [-0.1, -0.05) is 18.2 Å². The van der Waals surface area contributed by atoms with Crippen molar-refractivity contribution in [1.29, 1.82) is 0 Å². The Morgan fingerprint density at radius 2 is 1.12 bits per heavy atom. The van der Waals surface area contributed by atoms with Gasteiger partial charge in [0.05, 0.1) is 41.1 Å². The summed E-state index contributed by atoms with van der Waals surface area (Å²) in [6, 6.07) is 14.3. The van der Waals surface area contributed by atoms with Crippen LogP contribution in [-0.4, -0.2) is 35.5 Å². The van der Waals surface area contributed by atoms with Gasteiger partial charge in [-0.2, -0.15) is 0 Å². The van der Waals surface area contributed by atoms with E-state index in [1.54, 1.807) is 30.3 Å². The first kappa shape index (κ1) is 27.7. The summed E-state index contributed by atoms with van der Waals surface area (Å²) in [6.07, 6.45) is 0. The van der Waals surface area contributed by atoms with Crippen LogP contribution >= 0.6 is 7.82 Å². The predicted octanol–water partition coefficient (Wildman–Crippen LogP) is 1.33. The quantitative estimate of drug-likeness (QED) is 0.302. The smallest absolute Gasteiger partial charge is 0.736 e. The zero-order valence-corrected chi connectivity index (χ0v) is 22.7. The van der Waals surface area contributed by atoms with Gasteiger partial charge in [0.25, 0.3) is 0 Å². The van der Waals surface area contributed by atoms with Gasteiger partial charge in [0.1, 0.15) is 23.0 Å². The minimum atomic E-state index is -4.74. The predicted molar refractivity (Wildman–Crippen MR) is 120 cm³/mol. The van der Waals surface area contributed by atoms with Crippen molar-refractivity contribution in [2.75, 3.05) is 35.5 Å². The summed E-state index contributed by atoms with van der Waals surface area (Å²) in [5, 5.41) is 0. The zero-order chi connectivity index (χ0) is 24.0. The molecule has 0 fully saturated rings. The molecule has 0 N–H and O–H groups in total. The van der Waals surface area contributed by atoms with Gasteiger partial charge in [-0.15, -0.1) is 0 Å². The van der Waals surface area contributed by atoms with Crippen LogP contribution in [0.1, 0.15) is 0 Å². The van der Waals surface area contributed by atoms with Crippen LogP contribution in [0.4, 0.5) is 0 Å². The Morgan fingerprint density at radius 3 is 1.56 bits per heavy atom. The fourth-order valence-electron chi connectivity index (χ4n) is 3.21. The molecule has 0 aliphatic heterocycles. The number of para-hydroxylation sites is 1. The Labute approximate surface area is 220 Å². The standard InChI is InChI=1S/C23H25O9P.Na/c1-26-18-13-17(32-33(24,25)31-16-9-7-6-8-10-16)14-19(27-2)22(18)15-11-20(28-3)23(30-5)21(12-15)29-4;/h6-14H,1-5H3,(H,24,25);/q;+1/p-1. The summed E-state index contributed by atoms with van der Waals surface area (Å²) in [6.45, 7) is 0. The maximum absolute atomic E-state index is 12.4. The SMILES string of the molecule is COc1cc(-c2c(OC)cc(OP(=O)([O-])Oc3ccccc3)cc2OC)cc(OC)c1OC.[Na+]. The van der Waals surface area contributed by atoms with Gasteiger partial charge in [0.2, 0.25) is 5.75 Å². The van der Waals surface area contributed by atoms with E-state index in [9.17, 15) is 9.46 Å². The van der Waals surface area contributed by atoms with Gasteiger partial charge in [-0.05, 0) is 29.8 Å². The van der Waals surface area contributed by atoms with E-state index < -0.39 is 7.82 Å². The third kappa shape index (κ3) is 6.31. The zero-order valence-electron chi connectivity index (χ0n) is 19.8. The van der Waals surface area contributed by atoms with Gasteiger partial charge < -0.3 is 37.6 Å². The van der Waals surface area contributed by atoms with Crippen molar-refractivity contribution in [3.63, 3.8) is 0 Å². The van der Waals surface area contributed by atoms with Crippen LogP contribution in [0.25, 0.3) is 11.1 Å². The number of phosphoric ester groups is 1. The maximum atomic E-state index is 12.4. The minimum absolute atomic E-state index is 0. The molecule has 0 bridgehead atoms. The number of benzene rings is 3. The second-order valence-electron chi connectivity index (χ2n) is 6.56. The van der Waals surface area contributed by atoms with Gasteiger partial charge in [0, 0.05) is 12.1 Å². The van der Waals surface area contributed by atoms with Crippen LogP contribution in [0.5, 0.6) is 40.2 Å². The molecule has 0 amide bonds. The summed E-state index contributed by atoms with van der Waals surface area (Å²) < 4.78 is 49.8. The van der Waals surface area contributed by atoms with E-state index in [0.29, 0.717) is 39.9 Å². The number of ether oxygens (including phenoxy) is 5. The largest absolute Gasteiger partial charge is 1.00 e. The summed E-state index contributed by atoms with van der Waals surface area (Å²) in [5.41, 5.74) is 1.15. The number of hydrogen-bond acceptors (Lipinski definition) is 9. The first-order valence-electron chi connectivity index (χ1n) is 9.67. The molecule has 0 saturated carbocycles. The molecule has 0 spiro atoms. The summed E-state index contributed by atoms with van der Waals surface area (Å²) >= 11 is 0. The molecule has 3 aromatic rings. The van der Waals surface area contributed by atoms with E-state index in [0.717, 1.165) is 0 Å². The van der Waals surface area contributed by atoms with Crippen LogP contribution in [0.2, 0.25) is 0 Å². The molecule has 0 aromatic heterocycles. The molecule has 9 nitrogen and oxygen atoms in total. The van der Waals surface area contributed by atoms with Crippen LogP contribution in [0, 0.1) is 0 Å². The van der Waals surface area contributed by atoms with E-state index in [1.807, 2.05) is 0 Å². The van der Waals surface area contributed by atoms with Gasteiger partial charge >= 0.3 is 37.4 Å². The molecule has 3 aromatic carbocycles. The van der Waals surface area contributed by atoms with E-state index >= 15 is 0 Å². The van der Waals surface area contributed by atoms with Crippen molar-refractivity contribution < 1.29 is 71.7 Å². The number of rotatable bonds is 10. The average molecular weight is 498 g/mol. The average Bonchev–Trinajstić information content (AvgIpc) is 2.82. The molecule has 0 aliphatic carbocycles. The summed E-state index contributed by atoms with van der Waals surface area (Å²) in [4.78, 5) is 12.4. The van der Waals surface area contributed by atoms with Crippen molar-refractivity contribution in [3.05, 3.63) is 54.6 Å². The van der Waals surface area contributed by atoms with E-state index in [2.05, 4.69) is 0 Å². The van der Waals surface area contributed by atoms with Crippen molar-refractivity contribution >= 4 is 7.82 Å². The van der Waals surface area contributed by atoms with Crippen molar-refractivity contribution in [2.45, 2.75) is 0 Å². The molecule has 1 atom stereocenters. The summed E-state index contributed by atoms with van der Waals surface area (Å²) in [5.74, 6) is 1.94. The minimum Gasteiger partial charge on any atom is -0.736 e. The fraction of sp³-hybridized carbons (Fsp3) is 0.217. The molecule has 0 aliphatic rings. The second kappa shape index (κ2) is 12.2. The van der Waals surface area contributed by atoms with Crippen molar-refractivity contribution in [1.82, 2.24) is 0 Å². The Kier molecular flexibility index (Phi) is 9.97. The first-order chi connectivity index (χ1) is 15.8. The van der Waals surface area contributed by atoms with Gasteiger partial charge in [-0.25, -0.2) is 4.57 Å². The maximum Gasteiger partial charge on any atom is 1.00 e. The van der Waals surface area contributed by atoms with Crippen molar-refractivity contribution in [3.8, 4) is 51.4 Å². The van der Waals surface area contributed by atoms with Gasteiger partial charge in [-0.3, -0.25) is 0 Å². The number of hydrogen-bond donors (Lipinski definition) is 0. The second-order valence-corrected chi connectivity index (χ2v) is 7.82. The molecule has 0 saturated heterocycles. The summed E-state index contributed by atoms with van der Waals surface area (Å²) in [7, 11) is 2.66. The van der Waals surface area contributed by atoms with Crippen LogP contribution in [-0.2, 0) is 4.57 Å². The van der Waals surface area contributed by atoms with E-state index in [-0.39, 0.29) is 41.1 Å². The van der Waals surface area contributed by atoms with E-state index in [1.165, 1.54) is 59.8 Å². The molecule has 3 rings (SSSR count). The fourth-order valence-corrected chi connectivity index (χ4v) is 3.99. The number of phosphoric acid groups is 1. The molecule has 34 heavy (non-hydrogen) atoms. The normalized spacial score (nSPS) is 11.9. The molecular weight excluding hydrogens is 474 g/mol. The monoisotopic (exact) mass is 498 g/mol. The Balaban J connectivity index is 0.00000408. The van der Waals surface area contributed by atoms with Crippen LogP contribution in [0.3, 0.4) is 0 Å². The van der Waals surface area contributed by atoms with Gasteiger partial charge in [0.15, 0.2) is 11.5 Å². The Bertz CT molecular complexity index is 1100. The van der Waals surface area contributed by atoms with Crippen LogP contribution in [0.15, 0.2) is 54.6 Å². The Morgan fingerprint density at radius 1 is 0.647 bits per heavy atom. The first-order valence-corrected chi connectivity index (χ1v) is 11.1. The molecule has 1 unspecified atom stereocenters. The third-order valence-electron chi connectivity index (χ3n) is 4.61. The Hall–Kier alpha value is -2.55. The number of methoxy groups -OCH3 is 5. The van der Waals surface area contributed by atoms with Crippen molar-refractivity contribution in [2.24, 2.45) is 0 Å². The third-order valence-corrected chi connectivity index (χ3v) is 5.48. The topological polar surface area (TPSA) is 105 Å². The molecule has 0 heterocycles. The molecule has 11 heteroatoms. The molecule has 0 radical (unpaired) electrons. The molecule has 176 valence electrons.